The molecule has 1 saturated heterocycles. The van der Waals surface area contributed by atoms with Crippen LogP contribution in [0.2, 0.25) is 0 Å². The highest BCUT2D eigenvalue weighted by Gasteiger charge is 2.18. The first-order chi connectivity index (χ1) is 9.33. The number of nitrogens with two attached hydrogens (primary N) is 1. The molecule has 0 atom stereocenters. The Labute approximate surface area is 112 Å². The van der Waals surface area contributed by atoms with E-state index in [-0.39, 0.29) is 0 Å². The molecule has 0 amide bonds. The maximum Gasteiger partial charge on any atom is 0.221 e. The van der Waals surface area contributed by atoms with Crippen molar-refractivity contribution in [1.29, 1.82) is 0 Å². The third-order valence-corrected chi connectivity index (χ3v) is 3.38. The lowest BCUT2D eigenvalue weighted by atomic mass is 10.2. The molecule has 19 heavy (non-hydrogen) atoms. The van der Waals surface area contributed by atoms with Crippen LogP contribution >= 0.6 is 0 Å². The Bertz CT molecular complexity index is 535. The van der Waals surface area contributed by atoms with Gasteiger partial charge in [-0.15, -0.1) is 0 Å². The summed E-state index contributed by atoms with van der Waals surface area (Å²) in [6.45, 7) is 3.89. The van der Waals surface area contributed by atoms with Gasteiger partial charge in [-0.25, -0.2) is 4.98 Å². The Kier molecular flexibility index (Phi) is 3.18. The summed E-state index contributed by atoms with van der Waals surface area (Å²) in [6, 6.07) is 12.4. The van der Waals surface area contributed by atoms with Crippen molar-refractivity contribution in [2.24, 2.45) is 0 Å². The van der Waals surface area contributed by atoms with Crippen molar-refractivity contribution >= 4 is 17.5 Å². The highest BCUT2D eigenvalue weighted by atomic mass is 15.3. The number of hydrogen-bond acceptors (Lipinski definition) is 5. The van der Waals surface area contributed by atoms with Gasteiger partial charge in [0.2, 0.25) is 5.95 Å². The van der Waals surface area contributed by atoms with Gasteiger partial charge in [0.15, 0.2) is 0 Å². The molecule has 0 radical (unpaired) electrons. The van der Waals surface area contributed by atoms with Crippen LogP contribution in [0, 0.1) is 0 Å². The first-order valence-electron chi connectivity index (χ1n) is 6.46. The third-order valence-electron chi connectivity index (χ3n) is 3.38. The Morgan fingerprint density at radius 2 is 1.58 bits per heavy atom. The van der Waals surface area contributed by atoms with Crippen LogP contribution in [0.1, 0.15) is 0 Å². The summed E-state index contributed by atoms with van der Waals surface area (Å²) in [5, 5.41) is 0. The molecule has 1 aromatic heterocycles. The summed E-state index contributed by atoms with van der Waals surface area (Å²) < 4.78 is 0. The zero-order chi connectivity index (χ0) is 13.1. The van der Waals surface area contributed by atoms with Gasteiger partial charge in [-0.05, 0) is 18.2 Å². The molecule has 5 nitrogen and oxygen atoms in total. The van der Waals surface area contributed by atoms with Gasteiger partial charge in [0.05, 0.1) is 0 Å². The van der Waals surface area contributed by atoms with E-state index in [1.54, 1.807) is 6.20 Å². The zero-order valence-corrected chi connectivity index (χ0v) is 10.7. The quantitative estimate of drug-likeness (QED) is 0.878. The average molecular weight is 255 g/mol. The van der Waals surface area contributed by atoms with Crippen LogP contribution in [0.5, 0.6) is 0 Å². The number of rotatable bonds is 2. The normalized spacial score (nSPS) is 15.6. The molecular formula is C14H17N5. The number of benzene rings is 1. The minimum absolute atomic E-state index is 0.336. The summed E-state index contributed by atoms with van der Waals surface area (Å²) in [6.07, 6.45) is 1.71. The van der Waals surface area contributed by atoms with Gasteiger partial charge in [0.1, 0.15) is 5.82 Å². The molecule has 1 aliphatic rings. The number of aromatic nitrogens is 2. The topological polar surface area (TPSA) is 58.3 Å². The summed E-state index contributed by atoms with van der Waals surface area (Å²) >= 11 is 0. The van der Waals surface area contributed by atoms with Crippen molar-refractivity contribution in [2.75, 3.05) is 41.7 Å². The predicted molar refractivity (Wildman–Crippen MR) is 77.3 cm³/mol. The van der Waals surface area contributed by atoms with E-state index in [2.05, 4.69) is 44.0 Å². The van der Waals surface area contributed by atoms with Crippen molar-refractivity contribution in [3.8, 4) is 0 Å². The number of nitrogens with zero attached hydrogens (tertiary/aromatic N) is 4. The fourth-order valence-electron chi connectivity index (χ4n) is 2.37. The summed E-state index contributed by atoms with van der Waals surface area (Å²) in [7, 11) is 0. The van der Waals surface area contributed by atoms with Crippen LogP contribution in [-0.2, 0) is 0 Å². The molecule has 0 bridgehead atoms. The highest BCUT2D eigenvalue weighted by molar-refractivity contribution is 5.49. The van der Waals surface area contributed by atoms with Gasteiger partial charge in [-0.2, -0.15) is 4.98 Å². The van der Waals surface area contributed by atoms with Crippen LogP contribution in [0.4, 0.5) is 17.5 Å². The molecule has 1 fully saturated rings. The lowest BCUT2D eigenvalue weighted by Crippen LogP contribution is -2.46. The van der Waals surface area contributed by atoms with Crippen LogP contribution in [0.25, 0.3) is 0 Å². The minimum atomic E-state index is 0.336. The number of hydrogen-bond donors (Lipinski definition) is 1. The summed E-state index contributed by atoms with van der Waals surface area (Å²) in [5.41, 5.74) is 6.91. The van der Waals surface area contributed by atoms with Gasteiger partial charge < -0.3 is 15.5 Å². The lowest BCUT2D eigenvalue weighted by Gasteiger charge is -2.36. The summed E-state index contributed by atoms with van der Waals surface area (Å²) in [4.78, 5) is 12.8. The second kappa shape index (κ2) is 5.14. The van der Waals surface area contributed by atoms with Crippen LogP contribution < -0.4 is 15.5 Å². The first-order valence-corrected chi connectivity index (χ1v) is 6.46. The van der Waals surface area contributed by atoms with E-state index in [1.807, 2.05) is 12.1 Å². The van der Waals surface area contributed by atoms with E-state index in [0.717, 1.165) is 32.0 Å². The molecule has 0 aliphatic carbocycles. The molecule has 1 aromatic carbocycles. The predicted octanol–water partition coefficient (Wildman–Crippen LogP) is 1.39. The van der Waals surface area contributed by atoms with Gasteiger partial charge >= 0.3 is 0 Å². The third kappa shape index (κ3) is 2.59. The summed E-state index contributed by atoms with van der Waals surface area (Å²) in [5.74, 6) is 1.25. The van der Waals surface area contributed by atoms with E-state index < -0.39 is 0 Å². The highest BCUT2D eigenvalue weighted by Crippen LogP contribution is 2.18. The van der Waals surface area contributed by atoms with Gasteiger partial charge in [-0.1, -0.05) is 18.2 Å². The average Bonchev–Trinajstić information content (AvgIpc) is 2.48. The van der Waals surface area contributed by atoms with Gasteiger partial charge in [0.25, 0.3) is 0 Å². The molecule has 0 saturated carbocycles. The fraction of sp³-hybridized carbons (Fsp3) is 0.286. The molecule has 2 heterocycles. The molecule has 98 valence electrons. The van der Waals surface area contributed by atoms with E-state index >= 15 is 0 Å². The largest absolute Gasteiger partial charge is 0.368 e. The van der Waals surface area contributed by atoms with Gasteiger partial charge in [0, 0.05) is 38.1 Å². The van der Waals surface area contributed by atoms with E-state index in [4.69, 9.17) is 5.73 Å². The molecule has 2 N–H and O–H groups in total. The van der Waals surface area contributed by atoms with Crippen LogP contribution in [0.15, 0.2) is 42.6 Å². The molecule has 0 spiro atoms. The molecule has 0 unspecified atom stereocenters. The van der Waals surface area contributed by atoms with Crippen molar-refractivity contribution in [2.45, 2.75) is 0 Å². The fourth-order valence-corrected chi connectivity index (χ4v) is 2.37. The second-order valence-corrected chi connectivity index (χ2v) is 4.58. The van der Waals surface area contributed by atoms with Crippen molar-refractivity contribution in [3.63, 3.8) is 0 Å². The van der Waals surface area contributed by atoms with Gasteiger partial charge in [-0.3, -0.25) is 0 Å². The van der Waals surface area contributed by atoms with Crippen molar-refractivity contribution in [1.82, 2.24) is 9.97 Å². The van der Waals surface area contributed by atoms with E-state index in [0.29, 0.717) is 5.95 Å². The Balaban J connectivity index is 1.67. The van der Waals surface area contributed by atoms with Crippen LogP contribution in [0.3, 0.4) is 0 Å². The minimum Gasteiger partial charge on any atom is -0.368 e. The monoisotopic (exact) mass is 255 g/mol. The lowest BCUT2D eigenvalue weighted by molar-refractivity contribution is 0.647. The number of nitrogen functional groups attached to an aromatic ring is 1. The molecule has 2 aromatic rings. The maximum absolute atomic E-state index is 5.62. The van der Waals surface area contributed by atoms with E-state index in [1.165, 1.54) is 5.69 Å². The van der Waals surface area contributed by atoms with Crippen LogP contribution in [-0.4, -0.2) is 36.1 Å². The standard InChI is InChI=1S/C14H17N5/c15-14-16-7-6-13(17-14)19-10-8-18(9-11-19)12-4-2-1-3-5-12/h1-7H,8-11H2,(H2,15,16,17). The molecule has 5 heteroatoms. The number of para-hydroxylation sites is 1. The Hall–Kier alpha value is -2.30. The molecule has 3 rings (SSSR count). The Morgan fingerprint density at radius 3 is 2.26 bits per heavy atom. The molecule has 1 aliphatic heterocycles. The zero-order valence-electron chi connectivity index (χ0n) is 10.7. The smallest absolute Gasteiger partial charge is 0.221 e. The second-order valence-electron chi connectivity index (χ2n) is 4.58. The Morgan fingerprint density at radius 1 is 0.895 bits per heavy atom. The first kappa shape index (κ1) is 11.8. The maximum atomic E-state index is 5.62. The number of piperazine rings is 1. The number of anilines is 3. The van der Waals surface area contributed by atoms with Crippen molar-refractivity contribution < 1.29 is 0 Å². The SMILES string of the molecule is Nc1nccc(N2CCN(c3ccccc3)CC2)n1. The van der Waals surface area contributed by atoms with Crippen molar-refractivity contribution in [3.05, 3.63) is 42.6 Å². The molecular weight excluding hydrogens is 238 g/mol. The van der Waals surface area contributed by atoms with E-state index in [9.17, 15) is 0 Å².